The van der Waals surface area contributed by atoms with Crippen LogP contribution < -0.4 is 5.32 Å². The molecule has 1 aromatic heterocycles. The van der Waals surface area contributed by atoms with E-state index in [0.29, 0.717) is 12.0 Å². The van der Waals surface area contributed by atoms with Crippen molar-refractivity contribution in [2.75, 3.05) is 6.54 Å². The summed E-state index contributed by atoms with van der Waals surface area (Å²) >= 11 is 0. The van der Waals surface area contributed by atoms with Crippen LogP contribution in [0, 0.1) is 5.82 Å². The number of halogens is 1. The Kier molecular flexibility index (Phi) is 4.04. The molecule has 0 aliphatic rings. The highest BCUT2D eigenvalue weighted by Gasteiger charge is 2.16. The van der Waals surface area contributed by atoms with Gasteiger partial charge in [0.1, 0.15) is 5.82 Å². The summed E-state index contributed by atoms with van der Waals surface area (Å²) in [6.45, 7) is 2.84. The fourth-order valence-electron chi connectivity index (χ4n) is 2.02. The van der Waals surface area contributed by atoms with Crippen LogP contribution in [0.1, 0.15) is 24.2 Å². The maximum atomic E-state index is 13.7. The molecular weight excluding hydrogens is 231 g/mol. The molecular formula is C13H17FN4. The van der Waals surface area contributed by atoms with E-state index in [1.54, 1.807) is 16.9 Å². The minimum Gasteiger partial charge on any atom is -0.309 e. The van der Waals surface area contributed by atoms with Gasteiger partial charge in [0.25, 0.3) is 0 Å². The van der Waals surface area contributed by atoms with E-state index >= 15 is 0 Å². The van der Waals surface area contributed by atoms with Gasteiger partial charge in [-0.1, -0.05) is 30.3 Å². The molecule has 2 rings (SSSR count). The first-order valence-electron chi connectivity index (χ1n) is 6.03. The molecule has 0 radical (unpaired) electrons. The van der Waals surface area contributed by atoms with Gasteiger partial charge < -0.3 is 5.32 Å². The van der Waals surface area contributed by atoms with Gasteiger partial charge in [-0.25, -0.2) is 4.39 Å². The third kappa shape index (κ3) is 2.73. The van der Waals surface area contributed by atoms with Crippen LogP contribution in [-0.2, 0) is 13.5 Å². The molecule has 1 N–H and O–H groups in total. The van der Waals surface area contributed by atoms with Gasteiger partial charge in [-0.3, -0.25) is 4.68 Å². The van der Waals surface area contributed by atoms with E-state index in [1.165, 1.54) is 6.07 Å². The summed E-state index contributed by atoms with van der Waals surface area (Å²) in [5, 5.41) is 11.1. The van der Waals surface area contributed by atoms with Crippen LogP contribution in [0.15, 0.2) is 30.5 Å². The standard InChI is InChI=1S/C13H17FN4/c1-3-15-12(13-9-16-17-18(13)2)8-10-6-4-5-7-11(10)14/h4-7,9,12,15H,3,8H2,1-2H3. The summed E-state index contributed by atoms with van der Waals surface area (Å²) < 4.78 is 15.4. The summed E-state index contributed by atoms with van der Waals surface area (Å²) in [4.78, 5) is 0. The van der Waals surface area contributed by atoms with Crippen LogP contribution >= 0.6 is 0 Å². The van der Waals surface area contributed by atoms with Crippen molar-refractivity contribution in [1.29, 1.82) is 0 Å². The van der Waals surface area contributed by atoms with E-state index in [4.69, 9.17) is 0 Å². The zero-order valence-corrected chi connectivity index (χ0v) is 10.6. The molecule has 5 heteroatoms. The third-order valence-corrected chi connectivity index (χ3v) is 2.94. The summed E-state index contributed by atoms with van der Waals surface area (Å²) in [5.74, 6) is -0.171. The zero-order chi connectivity index (χ0) is 13.0. The second-order valence-electron chi connectivity index (χ2n) is 4.19. The number of nitrogens with zero attached hydrogens (tertiary/aromatic N) is 3. The van der Waals surface area contributed by atoms with Crippen molar-refractivity contribution in [3.63, 3.8) is 0 Å². The molecule has 4 nitrogen and oxygen atoms in total. The normalized spacial score (nSPS) is 12.6. The Morgan fingerprint density at radius 1 is 1.39 bits per heavy atom. The Hall–Kier alpha value is -1.75. The van der Waals surface area contributed by atoms with Crippen molar-refractivity contribution in [3.05, 3.63) is 47.5 Å². The van der Waals surface area contributed by atoms with Crippen molar-refractivity contribution < 1.29 is 4.39 Å². The van der Waals surface area contributed by atoms with Crippen molar-refractivity contribution >= 4 is 0 Å². The predicted molar refractivity (Wildman–Crippen MR) is 67.5 cm³/mol. The van der Waals surface area contributed by atoms with Crippen molar-refractivity contribution in [3.8, 4) is 0 Å². The van der Waals surface area contributed by atoms with Crippen LogP contribution in [0.3, 0.4) is 0 Å². The maximum absolute atomic E-state index is 13.7. The Labute approximate surface area is 106 Å². The lowest BCUT2D eigenvalue weighted by molar-refractivity contribution is 0.494. The molecule has 1 atom stereocenters. The minimum absolute atomic E-state index is 0.0203. The fourth-order valence-corrected chi connectivity index (χ4v) is 2.02. The molecule has 18 heavy (non-hydrogen) atoms. The van der Waals surface area contributed by atoms with E-state index in [0.717, 1.165) is 12.2 Å². The lowest BCUT2D eigenvalue weighted by atomic mass is 10.0. The van der Waals surface area contributed by atoms with Crippen molar-refractivity contribution in [2.45, 2.75) is 19.4 Å². The monoisotopic (exact) mass is 248 g/mol. The first-order valence-corrected chi connectivity index (χ1v) is 6.03. The van der Waals surface area contributed by atoms with Crippen LogP contribution in [0.2, 0.25) is 0 Å². The van der Waals surface area contributed by atoms with Gasteiger partial charge >= 0.3 is 0 Å². The Morgan fingerprint density at radius 3 is 2.78 bits per heavy atom. The van der Waals surface area contributed by atoms with Gasteiger partial charge in [-0.15, -0.1) is 5.10 Å². The molecule has 1 unspecified atom stereocenters. The van der Waals surface area contributed by atoms with Gasteiger partial charge in [0.05, 0.1) is 17.9 Å². The van der Waals surface area contributed by atoms with Crippen molar-refractivity contribution in [2.24, 2.45) is 7.05 Å². The number of aryl methyl sites for hydroxylation is 1. The number of nitrogens with one attached hydrogen (secondary N) is 1. The van der Waals surface area contributed by atoms with Gasteiger partial charge in [-0.05, 0) is 24.6 Å². The molecule has 0 saturated heterocycles. The molecule has 2 aromatic rings. The van der Waals surface area contributed by atoms with Gasteiger partial charge in [0.2, 0.25) is 0 Å². The van der Waals surface area contributed by atoms with Crippen LogP contribution in [-0.4, -0.2) is 21.5 Å². The number of benzene rings is 1. The first kappa shape index (κ1) is 12.7. The van der Waals surface area contributed by atoms with Gasteiger partial charge in [0, 0.05) is 7.05 Å². The molecule has 0 bridgehead atoms. The highest BCUT2D eigenvalue weighted by atomic mass is 19.1. The highest BCUT2D eigenvalue weighted by Crippen LogP contribution is 2.18. The number of hydrogen-bond donors (Lipinski definition) is 1. The van der Waals surface area contributed by atoms with Crippen LogP contribution in [0.5, 0.6) is 0 Å². The van der Waals surface area contributed by atoms with Gasteiger partial charge in [0.15, 0.2) is 0 Å². The molecule has 1 aromatic carbocycles. The molecule has 0 spiro atoms. The van der Waals surface area contributed by atoms with E-state index in [2.05, 4.69) is 15.6 Å². The largest absolute Gasteiger partial charge is 0.309 e. The summed E-state index contributed by atoms with van der Waals surface area (Å²) in [5.41, 5.74) is 1.66. The highest BCUT2D eigenvalue weighted by molar-refractivity contribution is 5.20. The molecule has 0 saturated carbocycles. The van der Waals surface area contributed by atoms with Gasteiger partial charge in [-0.2, -0.15) is 0 Å². The Bertz CT molecular complexity index is 509. The third-order valence-electron chi connectivity index (χ3n) is 2.94. The summed E-state index contributed by atoms with van der Waals surface area (Å²) in [6.07, 6.45) is 2.30. The SMILES string of the molecule is CCNC(Cc1ccccc1F)c1cnnn1C. The predicted octanol–water partition coefficient (Wildman–Crippen LogP) is 1.85. The second-order valence-corrected chi connectivity index (χ2v) is 4.19. The van der Waals surface area contributed by atoms with E-state index in [-0.39, 0.29) is 11.9 Å². The molecule has 96 valence electrons. The number of likely N-dealkylation sites (N-methyl/N-ethyl adjacent to an activating group) is 1. The lowest BCUT2D eigenvalue weighted by Gasteiger charge is -2.17. The quantitative estimate of drug-likeness (QED) is 0.878. The summed E-state index contributed by atoms with van der Waals surface area (Å²) in [7, 11) is 1.84. The molecule has 0 amide bonds. The zero-order valence-electron chi connectivity index (χ0n) is 10.6. The minimum atomic E-state index is -0.171. The second kappa shape index (κ2) is 5.73. The molecule has 1 heterocycles. The van der Waals surface area contributed by atoms with E-state index in [9.17, 15) is 4.39 Å². The number of hydrogen-bond acceptors (Lipinski definition) is 3. The van der Waals surface area contributed by atoms with E-state index < -0.39 is 0 Å². The Balaban J connectivity index is 2.22. The smallest absolute Gasteiger partial charge is 0.126 e. The molecule has 0 aliphatic carbocycles. The number of aromatic nitrogens is 3. The number of rotatable bonds is 5. The Morgan fingerprint density at radius 2 is 2.17 bits per heavy atom. The topological polar surface area (TPSA) is 42.7 Å². The molecule has 0 aliphatic heterocycles. The van der Waals surface area contributed by atoms with Crippen molar-refractivity contribution in [1.82, 2.24) is 20.3 Å². The average Bonchev–Trinajstić information content (AvgIpc) is 2.78. The van der Waals surface area contributed by atoms with Crippen LogP contribution in [0.25, 0.3) is 0 Å². The lowest BCUT2D eigenvalue weighted by Crippen LogP contribution is -2.25. The average molecular weight is 248 g/mol. The van der Waals surface area contributed by atoms with E-state index in [1.807, 2.05) is 26.1 Å². The fraction of sp³-hybridized carbons (Fsp3) is 0.385. The molecule has 0 fully saturated rings. The van der Waals surface area contributed by atoms with Crippen LogP contribution in [0.4, 0.5) is 4.39 Å². The maximum Gasteiger partial charge on any atom is 0.126 e. The first-order chi connectivity index (χ1) is 8.72. The summed E-state index contributed by atoms with van der Waals surface area (Å²) in [6, 6.07) is 6.87.